The highest BCUT2D eigenvalue weighted by Crippen LogP contribution is 2.29. The molecule has 0 aliphatic heterocycles. The second-order valence-corrected chi connectivity index (χ2v) is 6.73. The lowest BCUT2D eigenvalue weighted by atomic mass is 9.87. The van der Waals surface area contributed by atoms with Gasteiger partial charge < -0.3 is 4.90 Å². The van der Waals surface area contributed by atoms with Crippen LogP contribution in [0.3, 0.4) is 0 Å². The van der Waals surface area contributed by atoms with E-state index in [1.165, 1.54) is 17.3 Å². The van der Waals surface area contributed by atoms with Crippen molar-refractivity contribution in [3.8, 4) is 6.07 Å². The van der Waals surface area contributed by atoms with Gasteiger partial charge in [-0.05, 0) is 50.7 Å². The average molecular weight is 317 g/mol. The molecule has 1 aromatic rings. The van der Waals surface area contributed by atoms with Crippen LogP contribution in [0.5, 0.6) is 0 Å². The first-order valence-corrected chi connectivity index (χ1v) is 8.91. The summed E-state index contributed by atoms with van der Waals surface area (Å²) in [6.45, 7) is 7.63. The van der Waals surface area contributed by atoms with Crippen molar-refractivity contribution < 1.29 is 4.79 Å². The van der Waals surface area contributed by atoms with Crippen LogP contribution < -0.4 is 0 Å². The minimum Gasteiger partial charge on any atom is -0.343 e. The van der Waals surface area contributed by atoms with Crippen molar-refractivity contribution in [2.45, 2.75) is 45.1 Å². The molecule has 22 heavy (non-hydrogen) atoms. The number of carbonyl (C=O) groups is 1. The molecule has 4 nitrogen and oxygen atoms in total. The lowest BCUT2D eigenvalue weighted by Gasteiger charge is -2.22. The number of hydrogen-bond acceptors (Lipinski definition) is 4. The van der Waals surface area contributed by atoms with E-state index in [0.717, 1.165) is 38.0 Å². The van der Waals surface area contributed by atoms with Crippen LogP contribution in [-0.4, -0.2) is 34.6 Å². The summed E-state index contributed by atoms with van der Waals surface area (Å²) in [7, 11) is 0. The van der Waals surface area contributed by atoms with Gasteiger partial charge in [-0.25, -0.2) is 4.98 Å². The molecule has 1 amide bonds. The minimum absolute atomic E-state index is 0.104. The van der Waals surface area contributed by atoms with Gasteiger partial charge in [-0.1, -0.05) is 18.7 Å². The van der Waals surface area contributed by atoms with Gasteiger partial charge in [-0.15, -0.1) is 0 Å². The number of nitrogens with zero attached hydrogens (tertiary/aromatic N) is 3. The highest BCUT2D eigenvalue weighted by atomic mass is 32.2. The fraction of sp³-hybridized carbons (Fsp3) is 0.588. The molecule has 0 aromatic carbocycles. The summed E-state index contributed by atoms with van der Waals surface area (Å²) in [4.78, 5) is 18.6. The molecule has 1 aliphatic rings. The number of carbonyl (C=O) groups excluding carboxylic acids is 1. The number of aromatic nitrogens is 1. The molecule has 0 N–H and O–H groups in total. The number of aryl methyl sites for hydroxylation is 1. The number of rotatable bonds is 5. The van der Waals surface area contributed by atoms with Crippen LogP contribution in [0.4, 0.5) is 0 Å². The van der Waals surface area contributed by atoms with E-state index in [1.807, 2.05) is 19.9 Å². The molecule has 1 aliphatic carbocycles. The molecular formula is C17H23N3OS. The standard InChI is InChI=1S/C17H23N3OS/c1-4-20(5-2)16(21)11-22-17-14(10-18)9-13-8-12(3)6-7-15(13)19-17/h9,12H,4-8,11H2,1-3H3. The monoisotopic (exact) mass is 317 g/mol. The second kappa shape index (κ2) is 7.64. The lowest BCUT2D eigenvalue weighted by molar-refractivity contribution is -0.127. The summed E-state index contributed by atoms with van der Waals surface area (Å²) < 4.78 is 0. The quantitative estimate of drug-likeness (QED) is 0.783. The maximum atomic E-state index is 12.1. The molecule has 1 heterocycles. The van der Waals surface area contributed by atoms with E-state index in [1.54, 1.807) is 4.90 Å². The van der Waals surface area contributed by atoms with E-state index < -0.39 is 0 Å². The fourth-order valence-electron chi connectivity index (χ4n) is 2.82. The molecule has 2 rings (SSSR count). The highest BCUT2D eigenvalue weighted by Gasteiger charge is 2.20. The van der Waals surface area contributed by atoms with Crippen molar-refractivity contribution in [3.63, 3.8) is 0 Å². The van der Waals surface area contributed by atoms with Crippen LogP contribution in [0.25, 0.3) is 0 Å². The zero-order valence-corrected chi connectivity index (χ0v) is 14.4. The number of pyridine rings is 1. The molecule has 0 radical (unpaired) electrons. The molecule has 0 saturated carbocycles. The summed E-state index contributed by atoms with van der Waals surface area (Å²) in [6, 6.07) is 4.21. The molecule has 0 fully saturated rings. The molecule has 1 aromatic heterocycles. The number of nitriles is 1. The van der Waals surface area contributed by atoms with Crippen molar-refractivity contribution >= 4 is 17.7 Å². The van der Waals surface area contributed by atoms with E-state index in [4.69, 9.17) is 0 Å². The first-order valence-electron chi connectivity index (χ1n) is 7.92. The van der Waals surface area contributed by atoms with Crippen LogP contribution in [0.2, 0.25) is 0 Å². The molecule has 1 atom stereocenters. The number of amides is 1. The van der Waals surface area contributed by atoms with Gasteiger partial charge in [0.1, 0.15) is 11.1 Å². The molecule has 0 saturated heterocycles. The Kier molecular flexibility index (Phi) is 5.84. The minimum atomic E-state index is 0.104. The fourth-order valence-corrected chi connectivity index (χ4v) is 3.69. The van der Waals surface area contributed by atoms with Crippen LogP contribution in [0.1, 0.15) is 44.0 Å². The maximum absolute atomic E-state index is 12.1. The number of fused-ring (bicyclic) bond motifs is 1. The summed E-state index contributed by atoms with van der Waals surface area (Å²) in [6.07, 6.45) is 3.12. The van der Waals surface area contributed by atoms with E-state index >= 15 is 0 Å². The van der Waals surface area contributed by atoms with E-state index in [2.05, 4.69) is 18.0 Å². The number of thioether (sulfide) groups is 1. The summed E-state index contributed by atoms with van der Waals surface area (Å²) in [5.41, 5.74) is 2.91. The topological polar surface area (TPSA) is 57.0 Å². The van der Waals surface area contributed by atoms with E-state index in [9.17, 15) is 10.1 Å². The van der Waals surface area contributed by atoms with Gasteiger partial charge in [-0.3, -0.25) is 4.79 Å². The van der Waals surface area contributed by atoms with Crippen molar-refractivity contribution in [1.29, 1.82) is 5.26 Å². The van der Waals surface area contributed by atoms with Gasteiger partial charge in [0.25, 0.3) is 0 Å². The third-order valence-electron chi connectivity index (χ3n) is 4.17. The predicted molar refractivity (Wildman–Crippen MR) is 88.8 cm³/mol. The number of hydrogen-bond donors (Lipinski definition) is 0. The van der Waals surface area contributed by atoms with Gasteiger partial charge in [0, 0.05) is 18.8 Å². The van der Waals surface area contributed by atoms with Crippen molar-refractivity contribution in [2.75, 3.05) is 18.8 Å². The molecule has 0 spiro atoms. The van der Waals surface area contributed by atoms with Crippen molar-refractivity contribution in [3.05, 3.63) is 22.9 Å². The van der Waals surface area contributed by atoms with E-state index in [0.29, 0.717) is 22.3 Å². The smallest absolute Gasteiger partial charge is 0.232 e. The maximum Gasteiger partial charge on any atom is 0.232 e. The van der Waals surface area contributed by atoms with Crippen molar-refractivity contribution in [1.82, 2.24) is 9.88 Å². The van der Waals surface area contributed by atoms with E-state index in [-0.39, 0.29) is 5.91 Å². The Morgan fingerprint density at radius 1 is 1.50 bits per heavy atom. The zero-order valence-electron chi connectivity index (χ0n) is 13.6. The summed E-state index contributed by atoms with van der Waals surface area (Å²) in [5, 5.41) is 10.1. The van der Waals surface area contributed by atoms with Crippen LogP contribution in [-0.2, 0) is 17.6 Å². The molecule has 0 bridgehead atoms. The van der Waals surface area contributed by atoms with Crippen LogP contribution in [0, 0.1) is 17.2 Å². The van der Waals surface area contributed by atoms with Crippen molar-refractivity contribution in [2.24, 2.45) is 5.92 Å². The van der Waals surface area contributed by atoms with Gasteiger partial charge in [0.05, 0.1) is 11.3 Å². The summed E-state index contributed by atoms with van der Waals surface area (Å²) in [5.74, 6) is 1.11. The largest absolute Gasteiger partial charge is 0.343 e. The van der Waals surface area contributed by atoms with Gasteiger partial charge in [0.2, 0.25) is 5.91 Å². The third kappa shape index (κ3) is 3.80. The molecule has 5 heteroatoms. The predicted octanol–water partition coefficient (Wildman–Crippen LogP) is 3.04. The van der Waals surface area contributed by atoms with Crippen LogP contribution in [0.15, 0.2) is 11.1 Å². The highest BCUT2D eigenvalue weighted by molar-refractivity contribution is 7.99. The third-order valence-corrected chi connectivity index (χ3v) is 5.14. The molecule has 118 valence electrons. The molecule has 1 unspecified atom stereocenters. The van der Waals surface area contributed by atoms with Crippen LogP contribution >= 0.6 is 11.8 Å². The second-order valence-electron chi connectivity index (χ2n) is 5.76. The Hall–Kier alpha value is -1.54. The Labute approximate surface area is 136 Å². The average Bonchev–Trinajstić information content (AvgIpc) is 2.53. The summed E-state index contributed by atoms with van der Waals surface area (Å²) >= 11 is 1.39. The van der Waals surface area contributed by atoms with Gasteiger partial charge in [0.15, 0.2) is 0 Å². The Morgan fingerprint density at radius 3 is 2.86 bits per heavy atom. The lowest BCUT2D eigenvalue weighted by Crippen LogP contribution is -2.31. The van der Waals surface area contributed by atoms with Gasteiger partial charge >= 0.3 is 0 Å². The first kappa shape index (κ1) is 16.8. The SMILES string of the molecule is CCN(CC)C(=O)CSc1nc2c(cc1C#N)CC(C)CC2. The zero-order chi connectivity index (χ0) is 16.1. The Balaban J connectivity index is 2.14. The first-order chi connectivity index (χ1) is 10.6. The Bertz CT molecular complexity index is 590. The van der Waals surface area contributed by atoms with Gasteiger partial charge in [-0.2, -0.15) is 5.26 Å². The normalized spacial score (nSPS) is 16.7. The Morgan fingerprint density at radius 2 is 2.23 bits per heavy atom. The molecular weight excluding hydrogens is 294 g/mol.